The van der Waals surface area contributed by atoms with Gasteiger partial charge in [-0.2, -0.15) is 0 Å². The standard InChI is InChI=1S/C14H17FN2O/c1-17(11-7-3-2-4-8-11)14(18)16-13-10-6-5-9-12(13)15/h5-7,9-10H,2-4,8H2,1H3,(H,16,18). The number of anilines is 1. The predicted octanol–water partition coefficient (Wildman–Crippen LogP) is 3.75. The van der Waals surface area contributed by atoms with E-state index in [1.807, 2.05) is 0 Å². The molecule has 1 aromatic carbocycles. The number of carbonyl (C=O) groups excluding carboxylic acids is 1. The Morgan fingerprint density at radius 3 is 2.78 bits per heavy atom. The lowest BCUT2D eigenvalue weighted by Crippen LogP contribution is -2.31. The molecule has 0 bridgehead atoms. The highest BCUT2D eigenvalue weighted by atomic mass is 19.1. The number of amides is 2. The van der Waals surface area contributed by atoms with Crippen LogP contribution in [0, 0.1) is 5.82 Å². The maximum Gasteiger partial charge on any atom is 0.325 e. The first kappa shape index (κ1) is 12.6. The molecule has 0 heterocycles. The summed E-state index contributed by atoms with van der Waals surface area (Å²) in [4.78, 5) is 13.5. The van der Waals surface area contributed by atoms with Crippen LogP contribution in [0.1, 0.15) is 25.7 Å². The first-order chi connectivity index (χ1) is 8.68. The van der Waals surface area contributed by atoms with Gasteiger partial charge in [-0.05, 0) is 37.8 Å². The number of nitrogens with one attached hydrogen (secondary N) is 1. The smallest absolute Gasteiger partial charge is 0.305 e. The molecule has 0 spiro atoms. The fraction of sp³-hybridized carbons (Fsp3) is 0.357. The summed E-state index contributed by atoms with van der Waals surface area (Å²) in [6.07, 6.45) is 6.26. The summed E-state index contributed by atoms with van der Waals surface area (Å²) in [5, 5.41) is 2.58. The summed E-state index contributed by atoms with van der Waals surface area (Å²) in [7, 11) is 1.72. The van der Waals surface area contributed by atoms with Crippen molar-refractivity contribution < 1.29 is 9.18 Å². The molecule has 0 aliphatic heterocycles. The molecular weight excluding hydrogens is 231 g/mol. The number of hydrogen-bond acceptors (Lipinski definition) is 1. The van der Waals surface area contributed by atoms with E-state index in [4.69, 9.17) is 0 Å². The maximum atomic E-state index is 13.4. The van der Waals surface area contributed by atoms with E-state index in [1.165, 1.54) is 12.5 Å². The van der Waals surface area contributed by atoms with Gasteiger partial charge in [-0.1, -0.05) is 18.2 Å². The summed E-state index contributed by atoms with van der Waals surface area (Å²) in [6.45, 7) is 0. The molecule has 2 amide bonds. The quantitative estimate of drug-likeness (QED) is 0.849. The lowest BCUT2D eigenvalue weighted by Gasteiger charge is -2.23. The van der Waals surface area contributed by atoms with Crippen LogP contribution in [0.15, 0.2) is 36.0 Å². The van der Waals surface area contributed by atoms with Crippen LogP contribution in [0.2, 0.25) is 0 Å². The highest BCUT2D eigenvalue weighted by Crippen LogP contribution is 2.21. The Kier molecular flexibility index (Phi) is 3.97. The number of nitrogens with zero attached hydrogens (tertiary/aromatic N) is 1. The summed E-state index contributed by atoms with van der Waals surface area (Å²) in [5.74, 6) is -0.420. The zero-order valence-electron chi connectivity index (χ0n) is 10.4. The Morgan fingerprint density at radius 2 is 2.11 bits per heavy atom. The molecule has 3 nitrogen and oxygen atoms in total. The van der Waals surface area contributed by atoms with Crippen molar-refractivity contribution >= 4 is 11.7 Å². The van der Waals surface area contributed by atoms with E-state index in [0.29, 0.717) is 0 Å². The van der Waals surface area contributed by atoms with Crippen LogP contribution in [0.5, 0.6) is 0 Å². The molecule has 0 saturated carbocycles. The topological polar surface area (TPSA) is 32.3 Å². The zero-order valence-corrected chi connectivity index (χ0v) is 10.4. The molecule has 1 aliphatic rings. The van der Waals surface area contributed by atoms with Crippen LogP contribution in [0.25, 0.3) is 0 Å². The first-order valence-corrected chi connectivity index (χ1v) is 6.17. The van der Waals surface area contributed by atoms with Gasteiger partial charge in [0.1, 0.15) is 5.82 Å². The van der Waals surface area contributed by atoms with Crippen LogP contribution < -0.4 is 5.32 Å². The Balaban J connectivity index is 2.03. The second kappa shape index (κ2) is 5.67. The van der Waals surface area contributed by atoms with Gasteiger partial charge in [0.05, 0.1) is 5.69 Å². The number of benzene rings is 1. The van der Waals surface area contributed by atoms with Crippen molar-refractivity contribution in [3.63, 3.8) is 0 Å². The fourth-order valence-corrected chi connectivity index (χ4v) is 2.02. The highest BCUT2D eigenvalue weighted by molar-refractivity contribution is 5.90. The number of allylic oxidation sites excluding steroid dienone is 2. The molecule has 2 rings (SSSR count). The van der Waals surface area contributed by atoms with E-state index in [9.17, 15) is 9.18 Å². The molecule has 0 aromatic heterocycles. The van der Waals surface area contributed by atoms with Crippen molar-refractivity contribution in [2.75, 3.05) is 12.4 Å². The number of hydrogen-bond donors (Lipinski definition) is 1. The van der Waals surface area contributed by atoms with Crippen LogP contribution in [0.4, 0.5) is 14.9 Å². The largest absolute Gasteiger partial charge is 0.325 e. The van der Waals surface area contributed by atoms with Gasteiger partial charge in [-0.25, -0.2) is 9.18 Å². The third-order valence-electron chi connectivity index (χ3n) is 3.12. The average molecular weight is 248 g/mol. The van der Waals surface area contributed by atoms with Crippen molar-refractivity contribution in [2.24, 2.45) is 0 Å². The first-order valence-electron chi connectivity index (χ1n) is 6.17. The second-order valence-corrected chi connectivity index (χ2v) is 4.41. The minimum atomic E-state index is -0.420. The van der Waals surface area contributed by atoms with E-state index < -0.39 is 5.82 Å². The van der Waals surface area contributed by atoms with E-state index in [2.05, 4.69) is 11.4 Å². The molecular formula is C14H17FN2O. The monoisotopic (exact) mass is 248 g/mol. The van der Waals surface area contributed by atoms with Crippen LogP contribution in [0.3, 0.4) is 0 Å². The Labute approximate surface area is 106 Å². The molecule has 0 radical (unpaired) electrons. The van der Waals surface area contributed by atoms with Gasteiger partial charge in [-0.3, -0.25) is 0 Å². The molecule has 0 saturated heterocycles. The Bertz CT molecular complexity index is 471. The van der Waals surface area contributed by atoms with E-state index >= 15 is 0 Å². The van der Waals surface area contributed by atoms with Crippen molar-refractivity contribution in [2.45, 2.75) is 25.7 Å². The zero-order chi connectivity index (χ0) is 13.0. The molecule has 1 aliphatic carbocycles. The molecule has 1 N–H and O–H groups in total. The lowest BCUT2D eigenvalue weighted by atomic mass is 10.0. The maximum absolute atomic E-state index is 13.4. The number of para-hydroxylation sites is 1. The summed E-state index contributed by atoms with van der Waals surface area (Å²) in [5.41, 5.74) is 1.22. The number of carbonyl (C=O) groups is 1. The summed E-state index contributed by atoms with van der Waals surface area (Å²) in [6, 6.07) is 5.87. The van der Waals surface area contributed by atoms with Crippen molar-refractivity contribution in [1.82, 2.24) is 4.90 Å². The van der Waals surface area contributed by atoms with E-state index in [1.54, 1.807) is 30.1 Å². The fourth-order valence-electron chi connectivity index (χ4n) is 2.02. The van der Waals surface area contributed by atoms with E-state index in [0.717, 1.165) is 25.0 Å². The highest BCUT2D eigenvalue weighted by Gasteiger charge is 2.16. The van der Waals surface area contributed by atoms with Gasteiger partial charge < -0.3 is 10.2 Å². The molecule has 0 fully saturated rings. The Morgan fingerprint density at radius 1 is 1.33 bits per heavy atom. The molecule has 1 aromatic rings. The predicted molar refractivity (Wildman–Crippen MR) is 69.7 cm³/mol. The third-order valence-corrected chi connectivity index (χ3v) is 3.12. The lowest BCUT2D eigenvalue weighted by molar-refractivity contribution is 0.230. The minimum Gasteiger partial charge on any atom is -0.305 e. The van der Waals surface area contributed by atoms with Crippen molar-refractivity contribution in [3.8, 4) is 0 Å². The van der Waals surface area contributed by atoms with Gasteiger partial charge in [0.2, 0.25) is 0 Å². The van der Waals surface area contributed by atoms with Crippen LogP contribution in [-0.2, 0) is 0 Å². The van der Waals surface area contributed by atoms with Gasteiger partial charge in [0.15, 0.2) is 0 Å². The summed E-state index contributed by atoms with van der Waals surface area (Å²) < 4.78 is 13.4. The minimum absolute atomic E-state index is 0.214. The second-order valence-electron chi connectivity index (χ2n) is 4.41. The average Bonchev–Trinajstić information content (AvgIpc) is 2.41. The van der Waals surface area contributed by atoms with Gasteiger partial charge in [0, 0.05) is 12.7 Å². The molecule has 4 heteroatoms. The normalized spacial score (nSPS) is 14.9. The van der Waals surface area contributed by atoms with Crippen LogP contribution in [-0.4, -0.2) is 18.0 Å². The van der Waals surface area contributed by atoms with Gasteiger partial charge in [-0.15, -0.1) is 0 Å². The van der Waals surface area contributed by atoms with Crippen molar-refractivity contribution in [1.29, 1.82) is 0 Å². The third kappa shape index (κ3) is 2.88. The Hall–Kier alpha value is -1.84. The SMILES string of the molecule is CN(C(=O)Nc1ccccc1F)C1=CCCCC1. The molecule has 0 atom stereocenters. The van der Waals surface area contributed by atoms with Gasteiger partial charge >= 0.3 is 6.03 Å². The van der Waals surface area contributed by atoms with Crippen molar-refractivity contribution in [3.05, 3.63) is 41.9 Å². The molecule has 96 valence electrons. The molecule has 18 heavy (non-hydrogen) atoms. The number of rotatable bonds is 2. The van der Waals surface area contributed by atoms with E-state index in [-0.39, 0.29) is 11.7 Å². The number of urea groups is 1. The van der Waals surface area contributed by atoms with Crippen LogP contribution >= 0.6 is 0 Å². The number of halogens is 1. The molecule has 0 unspecified atom stereocenters. The van der Waals surface area contributed by atoms with Gasteiger partial charge in [0.25, 0.3) is 0 Å². The summed E-state index contributed by atoms with van der Waals surface area (Å²) >= 11 is 0.